The van der Waals surface area contributed by atoms with Crippen molar-refractivity contribution < 1.29 is 37.7 Å². The van der Waals surface area contributed by atoms with Crippen molar-refractivity contribution in [2.24, 2.45) is 14.1 Å². The summed E-state index contributed by atoms with van der Waals surface area (Å²) in [7, 11) is 3.48. The Morgan fingerprint density at radius 2 is 1.19 bits per heavy atom. The third-order valence-corrected chi connectivity index (χ3v) is 12.7. The SMILES string of the molecule is C.C#Cc1cccc(F)c1.CCC(=O)C1CCCO1.Cn1c(C2CCCO2)nc2cc(Br)ccc2c1=O.Cn1c(C2CCCO2)nc2cc(C#Cc3cccc(F)c3)ccc2c1=O.Nc1cc(Br)ccc1C(=O)O. The molecule has 0 bridgehead atoms. The van der Waals surface area contributed by atoms with E-state index in [1.54, 1.807) is 83.9 Å². The fraction of sp³-hybridized carbons (Fsp3) is 0.298. The number of ketones is 1. The Labute approximate surface area is 445 Å². The number of aromatic nitrogens is 4. The molecule has 13 nitrogen and oxygen atoms in total. The van der Waals surface area contributed by atoms with Gasteiger partial charge in [0.2, 0.25) is 0 Å². The maximum absolute atomic E-state index is 13.2. The maximum Gasteiger partial charge on any atom is 0.337 e. The summed E-state index contributed by atoms with van der Waals surface area (Å²) < 4.78 is 46.8. The van der Waals surface area contributed by atoms with Gasteiger partial charge in [-0.2, -0.15) is 0 Å². The van der Waals surface area contributed by atoms with Crippen molar-refractivity contribution >= 4 is 71.1 Å². The monoisotopic (exact) mass is 1140 g/mol. The highest BCUT2D eigenvalue weighted by atomic mass is 79.9. The summed E-state index contributed by atoms with van der Waals surface area (Å²) in [6.07, 6.45) is 11.1. The van der Waals surface area contributed by atoms with Crippen LogP contribution in [0.3, 0.4) is 0 Å². The number of ether oxygens (including phenoxy) is 3. The van der Waals surface area contributed by atoms with E-state index >= 15 is 0 Å². The smallest absolute Gasteiger partial charge is 0.337 e. The van der Waals surface area contributed by atoms with E-state index in [9.17, 15) is 28.0 Å². The zero-order chi connectivity index (χ0) is 52.6. The summed E-state index contributed by atoms with van der Waals surface area (Å²) in [6.45, 7) is 4.09. The second kappa shape index (κ2) is 28.0. The van der Waals surface area contributed by atoms with E-state index in [-0.39, 0.29) is 65.5 Å². The van der Waals surface area contributed by atoms with Gasteiger partial charge < -0.3 is 25.1 Å². The molecule has 74 heavy (non-hydrogen) atoms. The standard InChI is InChI=1S/C21H17FN2O2.C13H13BrN2O2.C8H5F.C7H6BrNO2.C7H12O2.CH4/c1-24-20(19-6-3-11-26-19)23-18-13-15(9-10-17(18)21(24)25)8-7-14-4-2-5-16(22)12-14;1-16-12(11-3-2-6-18-11)15-10-7-8(14)4-5-9(10)13(16)17;1-2-7-4-3-5-8(9)6-7;8-4-1-2-5(7(10)11)6(9)3-4;1-2-6(8)7-4-3-5-9-7;/h2,4-5,9-10,12-13,19H,3,6,11H2,1H3;4-5,7,11H,2-3,6H2,1H3;1,3-6H;1-3H,9H2,(H,10,11);7H,2-5H2,1H3;1H4. The van der Waals surface area contributed by atoms with Gasteiger partial charge in [-0.1, -0.05) is 76.1 Å². The minimum Gasteiger partial charge on any atom is -0.478 e. The zero-order valence-corrected chi connectivity index (χ0v) is 43.6. The van der Waals surface area contributed by atoms with E-state index in [2.05, 4.69) is 59.6 Å². The first-order chi connectivity index (χ1) is 35.1. The molecule has 17 heteroatoms. The Morgan fingerprint density at radius 3 is 1.66 bits per heavy atom. The summed E-state index contributed by atoms with van der Waals surface area (Å²) in [4.78, 5) is 55.5. The normalized spacial score (nSPS) is 16.2. The zero-order valence-electron chi connectivity index (χ0n) is 40.4. The number of hydrogen-bond acceptors (Lipinski definition) is 10. The molecule has 0 aliphatic carbocycles. The number of benzene rings is 5. The molecule has 3 saturated heterocycles. The summed E-state index contributed by atoms with van der Waals surface area (Å²) in [5.41, 5.74) is 8.93. The van der Waals surface area contributed by atoms with Gasteiger partial charge in [-0.05, 0) is 130 Å². The summed E-state index contributed by atoms with van der Waals surface area (Å²) >= 11 is 6.58. The number of nitrogens with zero attached hydrogens (tertiary/aromatic N) is 4. The lowest BCUT2D eigenvalue weighted by molar-refractivity contribution is -0.127. The van der Waals surface area contributed by atoms with Gasteiger partial charge in [0.1, 0.15) is 41.6 Å². The lowest BCUT2D eigenvalue weighted by Gasteiger charge is -2.14. The van der Waals surface area contributed by atoms with E-state index < -0.39 is 5.97 Å². The van der Waals surface area contributed by atoms with Gasteiger partial charge >= 0.3 is 5.97 Å². The number of fused-ring (bicyclic) bond motifs is 2. The second-order valence-corrected chi connectivity index (χ2v) is 18.7. The van der Waals surface area contributed by atoms with Crippen LogP contribution >= 0.6 is 31.9 Å². The number of terminal acetylenes is 1. The quantitative estimate of drug-likeness (QED) is 0.124. The number of hydrogen-bond donors (Lipinski definition) is 2. The lowest BCUT2D eigenvalue weighted by Crippen LogP contribution is -2.24. The molecule has 7 aromatic rings. The number of aromatic carboxylic acids is 1. The highest BCUT2D eigenvalue weighted by Crippen LogP contribution is 2.29. The number of carboxylic acids is 1. The second-order valence-electron chi connectivity index (χ2n) is 16.8. The Kier molecular flexibility index (Phi) is 21.9. The number of carbonyl (C=O) groups excluding carboxylic acids is 1. The van der Waals surface area contributed by atoms with E-state index in [0.717, 1.165) is 77.6 Å². The molecule has 0 radical (unpaired) electrons. The molecule has 5 heterocycles. The molecule has 10 rings (SSSR count). The van der Waals surface area contributed by atoms with Crippen molar-refractivity contribution in [3.8, 4) is 24.2 Å². The summed E-state index contributed by atoms with van der Waals surface area (Å²) in [5, 5.41) is 9.75. The van der Waals surface area contributed by atoms with E-state index in [1.807, 2.05) is 19.1 Å². The molecular weight excluding hydrogens is 1080 g/mol. The molecule has 3 fully saturated rings. The first kappa shape index (κ1) is 58.0. The van der Waals surface area contributed by atoms with E-state index in [4.69, 9.17) is 31.5 Å². The molecular formula is C57H57Br2F2N5O8. The van der Waals surface area contributed by atoms with Crippen molar-refractivity contribution in [2.75, 3.05) is 25.6 Å². The molecule has 5 aromatic carbocycles. The molecule has 3 atom stereocenters. The van der Waals surface area contributed by atoms with Crippen LogP contribution in [0.5, 0.6) is 0 Å². The number of rotatable bonds is 5. The molecule has 0 saturated carbocycles. The van der Waals surface area contributed by atoms with Gasteiger partial charge in [-0.15, -0.1) is 6.42 Å². The van der Waals surface area contributed by atoms with Crippen LogP contribution in [-0.4, -0.2) is 61.9 Å². The first-order valence-corrected chi connectivity index (χ1v) is 25.0. The minimum absolute atomic E-state index is 0. The van der Waals surface area contributed by atoms with E-state index in [0.29, 0.717) is 46.3 Å². The molecule has 3 unspecified atom stereocenters. The molecule has 0 spiro atoms. The predicted octanol–water partition coefficient (Wildman–Crippen LogP) is 11.2. The molecule has 2 aromatic heterocycles. The fourth-order valence-corrected chi connectivity index (χ4v) is 8.57. The van der Waals surface area contributed by atoms with Gasteiger partial charge in [0.25, 0.3) is 11.1 Å². The van der Waals surface area contributed by atoms with Crippen LogP contribution in [0.25, 0.3) is 21.8 Å². The number of anilines is 1. The number of nitrogens with two attached hydrogens (primary N) is 1. The Balaban J connectivity index is 0.000000184. The number of carboxylic acid groups (broad SMARTS) is 1. The molecule has 0 amide bonds. The first-order valence-electron chi connectivity index (χ1n) is 23.4. The Hall–Kier alpha value is -6.86. The van der Waals surface area contributed by atoms with Crippen LogP contribution in [0, 0.1) is 35.8 Å². The molecule has 3 aliphatic heterocycles. The third-order valence-electron chi connectivity index (χ3n) is 11.7. The topological polar surface area (TPSA) is 178 Å². The van der Waals surface area contributed by atoms with Crippen LogP contribution in [0.1, 0.15) is 110 Å². The van der Waals surface area contributed by atoms with Gasteiger partial charge in [0.05, 0.1) is 27.4 Å². The fourth-order valence-electron chi connectivity index (χ4n) is 7.84. The van der Waals surface area contributed by atoms with Crippen molar-refractivity contribution in [3.63, 3.8) is 0 Å². The van der Waals surface area contributed by atoms with Crippen molar-refractivity contribution in [2.45, 2.75) is 77.6 Å². The molecule has 3 aliphatic rings. The highest BCUT2D eigenvalue weighted by Gasteiger charge is 2.25. The highest BCUT2D eigenvalue weighted by molar-refractivity contribution is 9.10. The van der Waals surface area contributed by atoms with Crippen LogP contribution in [-0.2, 0) is 33.1 Å². The van der Waals surface area contributed by atoms with Crippen LogP contribution in [0.4, 0.5) is 14.5 Å². The average Bonchev–Trinajstić information content (AvgIpc) is 4.23. The van der Waals surface area contributed by atoms with Crippen molar-refractivity contribution in [1.82, 2.24) is 19.1 Å². The van der Waals surface area contributed by atoms with Gasteiger partial charge in [-0.3, -0.25) is 23.5 Å². The molecule has 3 N–H and O–H groups in total. The van der Waals surface area contributed by atoms with Gasteiger partial charge in [-0.25, -0.2) is 23.5 Å². The Bertz CT molecular complexity index is 3330. The number of nitrogen functional groups attached to an aromatic ring is 1. The maximum atomic E-state index is 13.2. The van der Waals surface area contributed by atoms with E-state index in [1.165, 1.54) is 30.3 Å². The summed E-state index contributed by atoms with van der Waals surface area (Å²) in [6, 6.07) is 27.6. The number of halogens is 4. The minimum atomic E-state index is -1.00. The largest absolute Gasteiger partial charge is 0.478 e. The third kappa shape index (κ3) is 15.8. The van der Waals surface area contributed by atoms with Gasteiger partial charge in [0.15, 0.2) is 5.78 Å². The van der Waals surface area contributed by atoms with Gasteiger partial charge in [0, 0.05) is 71.7 Å². The Morgan fingerprint density at radius 1 is 0.703 bits per heavy atom. The van der Waals surface area contributed by atoms with Crippen molar-refractivity contribution in [1.29, 1.82) is 0 Å². The lowest BCUT2D eigenvalue weighted by atomic mass is 10.1. The predicted molar refractivity (Wildman–Crippen MR) is 291 cm³/mol. The number of Topliss-reactive ketones (excluding diaryl/α,β-unsaturated/α-hetero) is 1. The van der Waals surface area contributed by atoms with Crippen molar-refractivity contribution in [3.05, 3.63) is 178 Å². The van der Waals surface area contributed by atoms with Crippen LogP contribution in [0.15, 0.2) is 122 Å². The van der Waals surface area contributed by atoms with Crippen LogP contribution < -0.4 is 16.9 Å². The average molecular weight is 1140 g/mol. The summed E-state index contributed by atoms with van der Waals surface area (Å²) in [5.74, 6) is 8.29. The van der Waals surface area contributed by atoms with Crippen LogP contribution in [0.2, 0.25) is 0 Å². The number of carbonyl (C=O) groups is 2. The molecule has 386 valence electrons.